The number of aryl methyl sites for hydroxylation is 1. The lowest BCUT2D eigenvalue weighted by atomic mass is 9.60. The zero-order valence-electron chi connectivity index (χ0n) is 12.0. The van der Waals surface area contributed by atoms with E-state index in [1.165, 1.54) is 16.7 Å². The minimum atomic E-state index is -0.133. The third-order valence-electron chi connectivity index (χ3n) is 6.13. The summed E-state index contributed by atoms with van der Waals surface area (Å²) in [6, 6.07) is 5.81. The van der Waals surface area contributed by atoms with E-state index in [4.69, 9.17) is 0 Å². The van der Waals surface area contributed by atoms with Crippen LogP contribution in [0.15, 0.2) is 24.3 Å². The molecule has 2 heteroatoms. The average molecular weight is 270 g/mol. The molecule has 0 bridgehead atoms. The van der Waals surface area contributed by atoms with Crippen molar-refractivity contribution in [2.24, 2.45) is 17.3 Å². The molecule has 1 aromatic rings. The summed E-state index contributed by atoms with van der Waals surface area (Å²) in [4.78, 5) is 0. The van der Waals surface area contributed by atoms with Gasteiger partial charge < -0.3 is 10.2 Å². The molecular formula is C18H22O2. The standard InChI is InChI=1S/C18H22O2/c1-18-9-8-14-13-5-3-12(19)10-11(13)2-4-15(14)16(18)6-7-17(18)20/h3,5,8,10,15-17,19-20H,2,4,6-7,9H2,1H3/t15-,16+,17-,18-/m0/s1. The highest BCUT2D eigenvalue weighted by Crippen LogP contribution is 2.58. The van der Waals surface area contributed by atoms with Crippen molar-refractivity contribution in [1.29, 1.82) is 0 Å². The zero-order valence-corrected chi connectivity index (χ0v) is 12.0. The Bertz CT molecular complexity index is 589. The average Bonchev–Trinajstić information content (AvgIpc) is 2.74. The van der Waals surface area contributed by atoms with Gasteiger partial charge in [0.15, 0.2) is 0 Å². The van der Waals surface area contributed by atoms with E-state index in [0.717, 1.165) is 32.1 Å². The van der Waals surface area contributed by atoms with Gasteiger partial charge in [0.05, 0.1) is 6.10 Å². The van der Waals surface area contributed by atoms with Gasteiger partial charge in [-0.15, -0.1) is 0 Å². The van der Waals surface area contributed by atoms with Crippen LogP contribution in [0.25, 0.3) is 5.57 Å². The molecule has 20 heavy (non-hydrogen) atoms. The molecule has 106 valence electrons. The molecule has 0 heterocycles. The van der Waals surface area contributed by atoms with E-state index in [1.54, 1.807) is 6.07 Å². The summed E-state index contributed by atoms with van der Waals surface area (Å²) in [7, 11) is 0. The van der Waals surface area contributed by atoms with Crippen molar-refractivity contribution in [2.75, 3.05) is 0 Å². The van der Waals surface area contributed by atoms with E-state index in [9.17, 15) is 10.2 Å². The molecule has 1 fully saturated rings. The number of benzene rings is 1. The SMILES string of the molecule is C[C@]12CC=C3c4ccc(O)cc4CC[C@@H]3[C@H]1CC[C@@H]2O. The Morgan fingerprint density at radius 1 is 1.20 bits per heavy atom. The first kappa shape index (κ1) is 12.5. The summed E-state index contributed by atoms with van der Waals surface area (Å²) in [5.74, 6) is 1.60. The fourth-order valence-corrected chi connectivity index (χ4v) is 4.94. The molecule has 0 radical (unpaired) electrons. The van der Waals surface area contributed by atoms with Crippen LogP contribution in [0.4, 0.5) is 0 Å². The first-order valence-corrected chi connectivity index (χ1v) is 7.80. The van der Waals surface area contributed by atoms with Crippen molar-refractivity contribution in [3.8, 4) is 5.75 Å². The summed E-state index contributed by atoms with van der Waals surface area (Å²) in [6.07, 6.45) is 7.56. The second-order valence-corrected chi connectivity index (χ2v) is 7.06. The molecule has 1 aromatic carbocycles. The molecule has 0 amide bonds. The van der Waals surface area contributed by atoms with Crippen LogP contribution in [-0.2, 0) is 6.42 Å². The minimum Gasteiger partial charge on any atom is -0.508 e. The van der Waals surface area contributed by atoms with Crippen LogP contribution in [0.1, 0.15) is 43.7 Å². The Balaban J connectivity index is 1.79. The van der Waals surface area contributed by atoms with Crippen LogP contribution >= 0.6 is 0 Å². The number of phenols is 1. The predicted molar refractivity (Wildman–Crippen MR) is 79.3 cm³/mol. The Morgan fingerprint density at radius 3 is 2.90 bits per heavy atom. The number of phenolic OH excluding ortho intramolecular Hbond substituents is 1. The summed E-state index contributed by atoms with van der Waals surface area (Å²) in [5, 5.41) is 20.0. The van der Waals surface area contributed by atoms with E-state index < -0.39 is 0 Å². The molecule has 4 atom stereocenters. The van der Waals surface area contributed by atoms with Gasteiger partial charge in [0.2, 0.25) is 0 Å². The minimum absolute atomic E-state index is 0.0859. The lowest BCUT2D eigenvalue weighted by molar-refractivity contribution is 0.0251. The number of aliphatic hydroxyl groups is 1. The Morgan fingerprint density at radius 2 is 2.05 bits per heavy atom. The van der Waals surface area contributed by atoms with Crippen LogP contribution in [-0.4, -0.2) is 16.3 Å². The van der Waals surface area contributed by atoms with Crippen LogP contribution in [0.5, 0.6) is 5.75 Å². The molecule has 2 nitrogen and oxygen atoms in total. The molecular weight excluding hydrogens is 248 g/mol. The predicted octanol–water partition coefficient (Wildman–Crippen LogP) is 3.52. The maximum atomic E-state index is 10.3. The van der Waals surface area contributed by atoms with Crippen molar-refractivity contribution < 1.29 is 10.2 Å². The Kier molecular flexibility index (Phi) is 2.56. The quantitative estimate of drug-likeness (QED) is 0.757. The first-order valence-electron chi connectivity index (χ1n) is 7.80. The maximum Gasteiger partial charge on any atom is 0.115 e. The Labute approximate surface area is 120 Å². The molecule has 4 rings (SSSR count). The van der Waals surface area contributed by atoms with Crippen molar-refractivity contribution in [3.63, 3.8) is 0 Å². The van der Waals surface area contributed by atoms with E-state index in [-0.39, 0.29) is 11.5 Å². The number of hydrogen-bond acceptors (Lipinski definition) is 2. The van der Waals surface area contributed by atoms with Gasteiger partial charge in [0, 0.05) is 5.41 Å². The normalized spacial score (nSPS) is 38.7. The Hall–Kier alpha value is -1.28. The molecule has 0 aliphatic heterocycles. The van der Waals surface area contributed by atoms with E-state index >= 15 is 0 Å². The number of rotatable bonds is 0. The molecule has 3 aliphatic carbocycles. The smallest absolute Gasteiger partial charge is 0.115 e. The second kappa shape index (κ2) is 4.11. The van der Waals surface area contributed by atoms with Crippen molar-refractivity contribution in [1.82, 2.24) is 0 Å². The van der Waals surface area contributed by atoms with Crippen molar-refractivity contribution in [2.45, 2.75) is 45.1 Å². The highest BCUT2D eigenvalue weighted by Gasteiger charge is 2.51. The van der Waals surface area contributed by atoms with Gasteiger partial charge >= 0.3 is 0 Å². The fourth-order valence-electron chi connectivity index (χ4n) is 4.94. The first-order chi connectivity index (χ1) is 9.59. The molecule has 2 N–H and O–H groups in total. The summed E-state index contributed by atoms with van der Waals surface area (Å²) >= 11 is 0. The maximum absolute atomic E-state index is 10.3. The monoisotopic (exact) mass is 270 g/mol. The largest absolute Gasteiger partial charge is 0.508 e. The molecule has 3 aliphatic rings. The molecule has 0 aromatic heterocycles. The molecule has 0 saturated heterocycles. The third-order valence-corrected chi connectivity index (χ3v) is 6.13. The van der Waals surface area contributed by atoms with Gasteiger partial charge in [-0.25, -0.2) is 0 Å². The van der Waals surface area contributed by atoms with E-state index in [0.29, 0.717) is 17.6 Å². The van der Waals surface area contributed by atoms with Gasteiger partial charge in [-0.1, -0.05) is 19.1 Å². The van der Waals surface area contributed by atoms with Gasteiger partial charge in [0.1, 0.15) is 5.75 Å². The highest BCUT2D eigenvalue weighted by atomic mass is 16.3. The van der Waals surface area contributed by atoms with Crippen LogP contribution in [0.3, 0.4) is 0 Å². The van der Waals surface area contributed by atoms with Gasteiger partial charge in [-0.2, -0.15) is 0 Å². The number of aliphatic hydroxyl groups excluding tert-OH is 1. The van der Waals surface area contributed by atoms with Gasteiger partial charge in [-0.05, 0) is 72.8 Å². The topological polar surface area (TPSA) is 40.5 Å². The third kappa shape index (κ3) is 1.54. The van der Waals surface area contributed by atoms with Crippen molar-refractivity contribution >= 4 is 5.57 Å². The number of allylic oxidation sites excluding steroid dienone is 2. The van der Waals surface area contributed by atoms with Crippen LogP contribution in [0, 0.1) is 17.3 Å². The van der Waals surface area contributed by atoms with Crippen LogP contribution in [0.2, 0.25) is 0 Å². The van der Waals surface area contributed by atoms with Crippen LogP contribution < -0.4 is 0 Å². The highest BCUT2D eigenvalue weighted by molar-refractivity contribution is 5.73. The van der Waals surface area contributed by atoms with Gasteiger partial charge in [-0.3, -0.25) is 0 Å². The molecule has 0 spiro atoms. The van der Waals surface area contributed by atoms with E-state index in [1.807, 2.05) is 6.07 Å². The number of hydrogen-bond donors (Lipinski definition) is 2. The lowest BCUT2D eigenvalue weighted by Gasteiger charge is -2.45. The molecule has 1 saturated carbocycles. The number of fused-ring (bicyclic) bond motifs is 5. The number of aromatic hydroxyl groups is 1. The summed E-state index contributed by atoms with van der Waals surface area (Å²) in [5.41, 5.74) is 4.18. The summed E-state index contributed by atoms with van der Waals surface area (Å²) < 4.78 is 0. The van der Waals surface area contributed by atoms with Crippen molar-refractivity contribution in [3.05, 3.63) is 35.4 Å². The second-order valence-electron chi connectivity index (χ2n) is 7.06. The lowest BCUT2D eigenvalue weighted by Crippen LogP contribution is -2.39. The van der Waals surface area contributed by atoms with Gasteiger partial charge in [0.25, 0.3) is 0 Å². The fraction of sp³-hybridized carbons (Fsp3) is 0.556. The van der Waals surface area contributed by atoms with E-state index in [2.05, 4.69) is 19.1 Å². The molecule has 0 unspecified atom stereocenters. The zero-order chi connectivity index (χ0) is 13.9. The summed E-state index contributed by atoms with van der Waals surface area (Å²) in [6.45, 7) is 2.27.